The molecule has 0 aromatic carbocycles. The topological polar surface area (TPSA) is 62.2 Å². The fourth-order valence-corrected chi connectivity index (χ4v) is 2.47. The van der Waals surface area contributed by atoms with Crippen LogP contribution in [-0.4, -0.2) is 28.1 Å². The van der Waals surface area contributed by atoms with Crippen LogP contribution < -0.4 is 5.32 Å². The molecule has 1 aromatic rings. The van der Waals surface area contributed by atoms with Crippen molar-refractivity contribution < 1.29 is 9.90 Å². The van der Waals surface area contributed by atoms with E-state index < -0.39 is 5.60 Å². The highest BCUT2D eigenvalue weighted by Crippen LogP contribution is 2.16. The molecule has 1 unspecified atom stereocenters. The monoisotopic (exact) mass is 256 g/mol. The Bertz CT molecular complexity index is 386. The van der Waals surface area contributed by atoms with Crippen molar-refractivity contribution in [2.45, 2.75) is 39.7 Å². The number of hydrogen-bond donors (Lipinski definition) is 2. The van der Waals surface area contributed by atoms with Crippen LogP contribution in [-0.2, 0) is 0 Å². The Morgan fingerprint density at radius 3 is 2.76 bits per heavy atom. The van der Waals surface area contributed by atoms with Gasteiger partial charge < -0.3 is 10.4 Å². The average Bonchev–Trinajstić information content (AvgIpc) is 2.59. The number of thiazole rings is 1. The maximum Gasteiger partial charge on any atom is 0.263 e. The van der Waals surface area contributed by atoms with Gasteiger partial charge in [0, 0.05) is 6.54 Å². The van der Waals surface area contributed by atoms with E-state index >= 15 is 0 Å². The van der Waals surface area contributed by atoms with Crippen molar-refractivity contribution >= 4 is 17.2 Å². The SMILES string of the molecule is Cc1ncc(C(=O)NCC(C)(O)CC(C)C)s1. The van der Waals surface area contributed by atoms with E-state index in [1.54, 1.807) is 13.1 Å². The molecule has 1 heterocycles. The summed E-state index contributed by atoms with van der Waals surface area (Å²) in [5.41, 5.74) is -0.858. The summed E-state index contributed by atoms with van der Waals surface area (Å²) in [4.78, 5) is 16.4. The van der Waals surface area contributed by atoms with E-state index in [0.717, 1.165) is 5.01 Å². The predicted octanol–water partition coefficient (Wildman–Crippen LogP) is 1.98. The zero-order valence-corrected chi connectivity index (χ0v) is 11.6. The second-order valence-electron chi connectivity index (χ2n) is 5.02. The standard InChI is InChI=1S/C12H20N2O2S/c1-8(2)5-12(4,16)7-14-11(15)10-6-13-9(3)17-10/h6,8,16H,5,7H2,1-4H3,(H,14,15). The first-order valence-electron chi connectivity index (χ1n) is 5.73. The van der Waals surface area contributed by atoms with Crippen molar-refractivity contribution in [1.29, 1.82) is 0 Å². The Hall–Kier alpha value is -0.940. The van der Waals surface area contributed by atoms with Gasteiger partial charge in [-0.1, -0.05) is 13.8 Å². The summed E-state index contributed by atoms with van der Waals surface area (Å²) >= 11 is 1.36. The van der Waals surface area contributed by atoms with Crippen LogP contribution in [0.1, 0.15) is 41.9 Å². The average molecular weight is 256 g/mol. The van der Waals surface area contributed by atoms with Gasteiger partial charge in [0.2, 0.25) is 0 Å². The van der Waals surface area contributed by atoms with Crippen LogP contribution in [0.5, 0.6) is 0 Å². The number of nitrogens with one attached hydrogen (secondary N) is 1. The summed E-state index contributed by atoms with van der Waals surface area (Å²) in [6.45, 7) is 7.95. The third kappa shape index (κ3) is 4.83. The normalized spacial score (nSPS) is 14.7. The third-order valence-electron chi connectivity index (χ3n) is 2.32. The lowest BCUT2D eigenvalue weighted by molar-refractivity contribution is 0.0369. The summed E-state index contributed by atoms with van der Waals surface area (Å²) < 4.78 is 0. The van der Waals surface area contributed by atoms with E-state index in [-0.39, 0.29) is 12.5 Å². The fourth-order valence-electron chi connectivity index (χ4n) is 1.78. The molecule has 0 fully saturated rings. The van der Waals surface area contributed by atoms with Crippen molar-refractivity contribution in [3.05, 3.63) is 16.1 Å². The van der Waals surface area contributed by atoms with Gasteiger partial charge in [0.1, 0.15) is 4.88 Å². The van der Waals surface area contributed by atoms with Crippen molar-refractivity contribution in [2.24, 2.45) is 5.92 Å². The van der Waals surface area contributed by atoms with E-state index in [1.807, 2.05) is 20.8 Å². The van der Waals surface area contributed by atoms with Gasteiger partial charge in [0.15, 0.2) is 0 Å². The molecule has 96 valence electrons. The van der Waals surface area contributed by atoms with E-state index in [9.17, 15) is 9.90 Å². The number of aliphatic hydroxyl groups is 1. The molecule has 0 spiro atoms. The van der Waals surface area contributed by atoms with Gasteiger partial charge in [0.05, 0.1) is 16.8 Å². The van der Waals surface area contributed by atoms with Crippen LogP contribution in [0, 0.1) is 12.8 Å². The molecule has 0 saturated carbocycles. The van der Waals surface area contributed by atoms with Gasteiger partial charge in [0.25, 0.3) is 5.91 Å². The molecule has 5 heteroatoms. The van der Waals surface area contributed by atoms with E-state index in [4.69, 9.17) is 0 Å². The number of carbonyl (C=O) groups excluding carboxylic acids is 1. The molecule has 2 N–H and O–H groups in total. The summed E-state index contributed by atoms with van der Waals surface area (Å²) in [6, 6.07) is 0. The molecule has 0 saturated heterocycles. The summed E-state index contributed by atoms with van der Waals surface area (Å²) in [6.07, 6.45) is 2.22. The van der Waals surface area contributed by atoms with Crippen LogP contribution in [0.2, 0.25) is 0 Å². The van der Waals surface area contributed by atoms with Gasteiger partial charge in [-0.15, -0.1) is 11.3 Å². The van der Waals surface area contributed by atoms with Crippen molar-refractivity contribution in [1.82, 2.24) is 10.3 Å². The molecule has 0 aliphatic carbocycles. The minimum absolute atomic E-state index is 0.167. The molecular weight excluding hydrogens is 236 g/mol. The van der Waals surface area contributed by atoms with Crippen molar-refractivity contribution in [3.63, 3.8) is 0 Å². The van der Waals surface area contributed by atoms with Gasteiger partial charge in [-0.05, 0) is 26.2 Å². The molecule has 1 rings (SSSR count). The Morgan fingerprint density at radius 1 is 1.65 bits per heavy atom. The van der Waals surface area contributed by atoms with E-state index in [0.29, 0.717) is 17.2 Å². The van der Waals surface area contributed by atoms with Crippen LogP contribution in [0.25, 0.3) is 0 Å². The van der Waals surface area contributed by atoms with Gasteiger partial charge in [-0.3, -0.25) is 4.79 Å². The van der Waals surface area contributed by atoms with Crippen molar-refractivity contribution in [2.75, 3.05) is 6.54 Å². The maximum atomic E-state index is 11.7. The first kappa shape index (κ1) is 14.1. The molecule has 0 aliphatic rings. The Kier molecular flexibility index (Phi) is 4.65. The highest BCUT2D eigenvalue weighted by molar-refractivity contribution is 7.13. The van der Waals surface area contributed by atoms with Crippen LogP contribution in [0.15, 0.2) is 6.20 Å². The summed E-state index contributed by atoms with van der Waals surface area (Å²) in [7, 11) is 0. The maximum absolute atomic E-state index is 11.7. The lowest BCUT2D eigenvalue weighted by Crippen LogP contribution is -2.41. The molecule has 4 nitrogen and oxygen atoms in total. The smallest absolute Gasteiger partial charge is 0.263 e. The van der Waals surface area contributed by atoms with E-state index in [1.165, 1.54) is 11.3 Å². The van der Waals surface area contributed by atoms with E-state index in [2.05, 4.69) is 10.3 Å². The van der Waals surface area contributed by atoms with Crippen LogP contribution in [0.3, 0.4) is 0 Å². The molecule has 17 heavy (non-hydrogen) atoms. The van der Waals surface area contributed by atoms with Gasteiger partial charge in [-0.2, -0.15) is 0 Å². The lowest BCUT2D eigenvalue weighted by Gasteiger charge is -2.25. The highest BCUT2D eigenvalue weighted by Gasteiger charge is 2.23. The minimum atomic E-state index is -0.858. The largest absolute Gasteiger partial charge is 0.388 e. The minimum Gasteiger partial charge on any atom is -0.388 e. The zero-order valence-electron chi connectivity index (χ0n) is 10.8. The lowest BCUT2D eigenvalue weighted by atomic mass is 9.94. The Morgan fingerprint density at radius 2 is 2.29 bits per heavy atom. The number of hydrogen-bond acceptors (Lipinski definition) is 4. The Balaban J connectivity index is 2.48. The Labute approximate surface area is 106 Å². The first-order chi connectivity index (χ1) is 7.80. The fraction of sp³-hybridized carbons (Fsp3) is 0.667. The highest BCUT2D eigenvalue weighted by atomic mass is 32.1. The number of amides is 1. The second kappa shape index (κ2) is 5.60. The molecule has 1 aromatic heterocycles. The predicted molar refractivity (Wildman–Crippen MR) is 69.3 cm³/mol. The number of carbonyl (C=O) groups is 1. The third-order valence-corrected chi connectivity index (χ3v) is 3.23. The number of aromatic nitrogens is 1. The quantitative estimate of drug-likeness (QED) is 0.846. The molecule has 0 bridgehead atoms. The number of nitrogens with zero attached hydrogens (tertiary/aromatic N) is 1. The number of rotatable bonds is 5. The zero-order chi connectivity index (χ0) is 13.1. The first-order valence-corrected chi connectivity index (χ1v) is 6.55. The van der Waals surface area contributed by atoms with Crippen LogP contribution in [0.4, 0.5) is 0 Å². The molecule has 1 atom stereocenters. The van der Waals surface area contributed by atoms with Gasteiger partial charge >= 0.3 is 0 Å². The van der Waals surface area contributed by atoms with Crippen LogP contribution >= 0.6 is 11.3 Å². The molecular formula is C12H20N2O2S. The van der Waals surface area contributed by atoms with Crippen molar-refractivity contribution in [3.8, 4) is 0 Å². The molecule has 1 amide bonds. The number of aryl methyl sites for hydroxylation is 1. The summed E-state index contributed by atoms with van der Waals surface area (Å²) in [5.74, 6) is 0.229. The molecule has 0 aliphatic heterocycles. The van der Waals surface area contributed by atoms with Gasteiger partial charge in [-0.25, -0.2) is 4.98 Å². The second-order valence-corrected chi connectivity index (χ2v) is 6.26. The summed E-state index contributed by atoms with van der Waals surface area (Å²) in [5, 5.41) is 13.7. The molecule has 0 radical (unpaired) electrons.